The summed E-state index contributed by atoms with van der Waals surface area (Å²) in [5, 5.41) is 1.06. The van der Waals surface area contributed by atoms with E-state index < -0.39 is 24.5 Å². The molecule has 0 N–H and O–H groups in total. The van der Waals surface area contributed by atoms with Crippen LogP contribution in [0.25, 0.3) is 20.5 Å². The van der Waals surface area contributed by atoms with Gasteiger partial charge < -0.3 is 9.47 Å². The number of hydrogen-bond acceptors (Lipinski definition) is 4. The van der Waals surface area contributed by atoms with Crippen LogP contribution >= 0.6 is 11.3 Å². The van der Waals surface area contributed by atoms with Crippen LogP contribution in [0.4, 0.5) is 13.2 Å². The molecule has 194 valence electrons. The van der Waals surface area contributed by atoms with E-state index in [1.807, 2.05) is 12.1 Å². The molecule has 0 spiro atoms. The molecule has 0 saturated carbocycles. The minimum atomic E-state index is -4.39. The Balaban J connectivity index is 1.74. The number of alkyl halides is 3. The van der Waals surface area contributed by atoms with Crippen molar-refractivity contribution in [1.82, 2.24) is 0 Å². The normalized spacial score (nSPS) is 12.5. The van der Waals surface area contributed by atoms with E-state index in [4.69, 9.17) is 9.47 Å². The molecule has 0 aliphatic heterocycles. The van der Waals surface area contributed by atoms with Crippen LogP contribution in [0.1, 0.15) is 50.7 Å². The predicted octanol–water partition coefficient (Wildman–Crippen LogP) is 8.54. The van der Waals surface area contributed by atoms with Crippen molar-refractivity contribution in [3.05, 3.63) is 66.2 Å². The maximum Gasteiger partial charge on any atom is 0.389 e. The first-order chi connectivity index (χ1) is 17.2. The van der Waals surface area contributed by atoms with E-state index in [1.54, 1.807) is 17.4 Å². The van der Waals surface area contributed by atoms with Crippen molar-refractivity contribution in [3.8, 4) is 16.2 Å². The zero-order chi connectivity index (χ0) is 26.1. The van der Waals surface area contributed by atoms with Gasteiger partial charge in [0.1, 0.15) is 5.75 Å². The number of thiophene rings is 1. The Hall–Kier alpha value is -2.80. The van der Waals surface area contributed by atoms with Crippen molar-refractivity contribution in [2.75, 3.05) is 13.2 Å². The summed E-state index contributed by atoms with van der Waals surface area (Å²) in [5.41, 5.74) is 3.90. The summed E-state index contributed by atoms with van der Waals surface area (Å²) in [6.45, 7) is 7.04. The predicted molar refractivity (Wildman–Crippen MR) is 141 cm³/mol. The number of esters is 1. The Morgan fingerprint density at radius 3 is 2.58 bits per heavy atom. The summed E-state index contributed by atoms with van der Waals surface area (Å²) in [4.78, 5) is 12.4. The van der Waals surface area contributed by atoms with Crippen LogP contribution in [-0.2, 0) is 22.4 Å². The summed E-state index contributed by atoms with van der Waals surface area (Å²) in [6, 6.07) is 14.4. The number of carbonyl (C=O) groups excluding carboxylic acids is 1. The van der Waals surface area contributed by atoms with Crippen LogP contribution in [0.2, 0.25) is 0 Å². The second-order valence-corrected chi connectivity index (χ2v) is 10.0. The average Bonchev–Trinajstić information content (AvgIpc) is 3.28. The summed E-state index contributed by atoms with van der Waals surface area (Å²) >= 11 is 1.64. The highest BCUT2D eigenvalue weighted by molar-refractivity contribution is 7.22. The Morgan fingerprint density at radius 1 is 1.08 bits per heavy atom. The lowest BCUT2D eigenvalue weighted by Crippen LogP contribution is -2.25. The van der Waals surface area contributed by atoms with E-state index >= 15 is 0 Å². The number of aryl methyl sites for hydroxylation is 2. The van der Waals surface area contributed by atoms with Gasteiger partial charge in [0.25, 0.3) is 0 Å². The number of fused-ring (bicyclic) bond motifs is 1. The van der Waals surface area contributed by atoms with E-state index in [0.29, 0.717) is 5.75 Å². The van der Waals surface area contributed by atoms with Gasteiger partial charge in [-0.3, -0.25) is 0 Å². The van der Waals surface area contributed by atoms with Gasteiger partial charge in [0, 0.05) is 21.6 Å². The summed E-state index contributed by atoms with van der Waals surface area (Å²) in [6.07, 6.45) is 1.12. The molecular weight excluding hydrogens is 485 g/mol. The second kappa shape index (κ2) is 12.9. The molecule has 3 nitrogen and oxygen atoms in total. The fourth-order valence-corrected chi connectivity index (χ4v) is 5.27. The molecule has 1 aromatic heterocycles. The minimum absolute atomic E-state index is 0.215. The highest BCUT2D eigenvalue weighted by Crippen LogP contribution is 2.37. The molecule has 7 heteroatoms. The van der Waals surface area contributed by atoms with Crippen molar-refractivity contribution >= 4 is 27.4 Å². The first kappa shape index (κ1) is 27.8. The van der Waals surface area contributed by atoms with Gasteiger partial charge in [-0.25, -0.2) is 4.79 Å². The van der Waals surface area contributed by atoms with Crippen molar-refractivity contribution in [1.29, 1.82) is 0 Å². The average molecular weight is 519 g/mol. The number of halogens is 3. The van der Waals surface area contributed by atoms with E-state index in [1.165, 1.54) is 36.0 Å². The summed E-state index contributed by atoms with van der Waals surface area (Å²) < 4.78 is 50.4. The molecule has 36 heavy (non-hydrogen) atoms. The quantitative estimate of drug-likeness (QED) is 0.129. The smallest absolute Gasteiger partial charge is 0.389 e. The molecule has 1 unspecified atom stereocenters. The molecule has 0 radical (unpaired) electrons. The summed E-state index contributed by atoms with van der Waals surface area (Å²) in [5.74, 6) is -1.28. The van der Waals surface area contributed by atoms with Crippen LogP contribution in [0.3, 0.4) is 0 Å². The first-order valence-corrected chi connectivity index (χ1v) is 13.2. The van der Waals surface area contributed by atoms with Crippen molar-refractivity contribution < 1.29 is 27.4 Å². The van der Waals surface area contributed by atoms with Gasteiger partial charge in [-0.15, -0.1) is 11.3 Å². The molecule has 0 aliphatic rings. The maximum atomic E-state index is 13.0. The number of hydrogen-bond donors (Lipinski definition) is 0. The van der Waals surface area contributed by atoms with Crippen molar-refractivity contribution in [2.24, 2.45) is 5.92 Å². The molecular formula is C29H33F3O3S. The van der Waals surface area contributed by atoms with Crippen molar-refractivity contribution in [3.63, 3.8) is 0 Å². The van der Waals surface area contributed by atoms with Gasteiger partial charge in [-0.2, -0.15) is 13.2 Å². The number of unbranched alkanes of at least 4 members (excludes halogenated alkanes) is 2. The largest absolute Gasteiger partial charge is 0.493 e. The molecule has 0 saturated heterocycles. The lowest BCUT2D eigenvalue weighted by atomic mass is 9.98. The van der Waals surface area contributed by atoms with Gasteiger partial charge in [-0.05, 0) is 65.6 Å². The van der Waals surface area contributed by atoms with Gasteiger partial charge in [0.05, 0.1) is 19.6 Å². The third-order valence-electron chi connectivity index (χ3n) is 6.01. The monoisotopic (exact) mass is 518 g/mol. The zero-order valence-electron chi connectivity index (χ0n) is 20.8. The Morgan fingerprint density at radius 2 is 1.89 bits per heavy atom. The second-order valence-electron chi connectivity index (χ2n) is 8.94. The Bertz CT molecular complexity index is 1170. The van der Waals surface area contributed by atoms with Crippen LogP contribution in [0, 0.1) is 5.92 Å². The van der Waals surface area contributed by atoms with E-state index in [0.717, 1.165) is 33.9 Å². The topological polar surface area (TPSA) is 35.5 Å². The molecule has 2 aromatic carbocycles. The minimum Gasteiger partial charge on any atom is -0.493 e. The van der Waals surface area contributed by atoms with E-state index in [9.17, 15) is 18.0 Å². The van der Waals surface area contributed by atoms with Crippen LogP contribution in [0.5, 0.6) is 5.75 Å². The maximum absolute atomic E-state index is 13.0. The van der Waals surface area contributed by atoms with Gasteiger partial charge >= 0.3 is 12.1 Å². The fraction of sp³-hybridized carbons (Fsp3) is 0.414. The van der Waals surface area contributed by atoms with Gasteiger partial charge in [-0.1, -0.05) is 51.5 Å². The lowest BCUT2D eigenvalue weighted by molar-refractivity contribution is -0.157. The Labute approximate surface area is 214 Å². The van der Waals surface area contributed by atoms with Crippen LogP contribution < -0.4 is 4.74 Å². The van der Waals surface area contributed by atoms with Gasteiger partial charge in [0.15, 0.2) is 0 Å². The van der Waals surface area contributed by atoms with Crippen LogP contribution in [0.15, 0.2) is 55.1 Å². The highest BCUT2D eigenvalue weighted by Gasteiger charge is 2.33. The third-order valence-corrected chi connectivity index (χ3v) is 7.14. The molecule has 0 amide bonds. The first-order valence-electron chi connectivity index (χ1n) is 12.4. The number of rotatable bonds is 13. The summed E-state index contributed by atoms with van der Waals surface area (Å²) in [7, 11) is 0. The van der Waals surface area contributed by atoms with E-state index in [-0.39, 0.29) is 13.2 Å². The van der Waals surface area contributed by atoms with Gasteiger partial charge in [0.2, 0.25) is 0 Å². The number of benzene rings is 2. The molecule has 0 bridgehead atoms. The SMILES string of the molecule is C=CC(=O)OCC(COc1ccc2cc(-c3ccc(CCCCC)cc3CC)sc2c1)CC(F)(F)F. The third kappa shape index (κ3) is 8.12. The molecule has 3 aromatic rings. The standard InChI is InChI=1S/C29H33F3O3S/c1-4-7-8-9-20-10-13-25(22(5-2)14-20)27-15-23-11-12-24(16-26(23)36-27)34-18-21(17-29(30,31)32)19-35-28(33)6-3/h6,10-16,21H,3-5,7-9,17-19H2,1-2H3. The van der Waals surface area contributed by atoms with E-state index in [2.05, 4.69) is 44.7 Å². The molecule has 0 fully saturated rings. The number of carbonyl (C=O) groups is 1. The molecule has 1 heterocycles. The number of ether oxygens (including phenoxy) is 2. The van der Waals surface area contributed by atoms with Crippen molar-refractivity contribution in [2.45, 2.75) is 58.5 Å². The van der Waals surface area contributed by atoms with Crippen LogP contribution in [-0.4, -0.2) is 25.4 Å². The molecule has 0 aliphatic carbocycles. The lowest BCUT2D eigenvalue weighted by Gasteiger charge is -2.19. The zero-order valence-corrected chi connectivity index (χ0v) is 21.6. The fourth-order valence-electron chi connectivity index (χ4n) is 4.11. The molecule has 3 rings (SSSR count). The molecule has 1 atom stereocenters. The highest BCUT2D eigenvalue weighted by atomic mass is 32.1. The Kier molecular flexibility index (Phi) is 9.99.